The van der Waals surface area contributed by atoms with E-state index < -0.39 is 23.3 Å². The SMILES string of the molecule is CC(O)(CNCc1ccc(C(F)(F)F)cc1)C(=O)O. The van der Waals surface area contributed by atoms with Crippen molar-refractivity contribution in [2.24, 2.45) is 0 Å². The van der Waals surface area contributed by atoms with Crippen LogP contribution in [0.5, 0.6) is 0 Å². The van der Waals surface area contributed by atoms with Gasteiger partial charge in [0.05, 0.1) is 5.56 Å². The van der Waals surface area contributed by atoms with Crippen LogP contribution in [0.4, 0.5) is 13.2 Å². The van der Waals surface area contributed by atoms with Gasteiger partial charge in [0.25, 0.3) is 0 Å². The van der Waals surface area contributed by atoms with E-state index in [2.05, 4.69) is 5.32 Å². The van der Waals surface area contributed by atoms with Crippen molar-refractivity contribution in [3.8, 4) is 0 Å². The minimum absolute atomic E-state index is 0.168. The highest BCUT2D eigenvalue weighted by molar-refractivity contribution is 5.76. The van der Waals surface area contributed by atoms with Gasteiger partial charge in [0.15, 0.2) is 5.60 Å². The lowest BCUT2D eigenvalue weighted by Crippen LogP contribution is -2.44. The van der Waals surface area contributed by atoms with Crippen molar-refractivity contribution in [3.63, 3.8) is 0 Å². The second kappa shape index (κ2) is 5.58. The van der Waals surface area contributed by atoms with E-state index in [0.717, 1.165) is 19.1 Å². The average molecular weight is 277 g/mol. The molecule has 19 heavy (non-hydrogen) atoms. The van der Waals surface area contributed by atoms with E-state index in [1.165, 1.54) is 12.1 Å². The van der Waals surface area contributed by atoms with Crippen molar-refractivity contribution in [1.29, 1.82) is 0 Å². The third-order valence-electron chi connectivity index (χ3n) is 2.54. The van der Waals surface area contributed by atoms with Crippen LogP contribution >= 0.6 is 0 Å². The molecule has 0 aromatic heterocycles. The lowest BCUT2D eigenvalue weighted by molar-refractivity contribution is -0.156. The molecule has 0 spiro atoms. The van der Waals surface area contributed by atoms with Crippen molar-refractivity contribution in [1.82, 2.24) is 5.32 Å². The molecular weight excluding hydrogens is 263 g/mol. The van der Waals surface area contributed by atoms with Crippen molar-refractivity contribution in [2.45, 2.75) is 25.2 Å². The van der Waals surface area contributed by atoms with Gasteiger partial charge < -0.3 is 15.5 Å². The number of halogens is 3. The average Bonchev–Trinajstić information content (AvgIpc) is 2.28. The van der Waals surface area contributed by atoms with Crippen LogP contribution < -0.4 is 5.32 Å². The third kappa shape index (κ3) is 4.53. The standard InChI is InChI=1S/C12H14F3NO3/c1-11(19,10(17)18)7-16-6-8-2-4-9(5-3-8)12(13,14)15/h2-5,16,19H,6-7H2,1H3,(H,17,18). The smallest absolute Gasteiger partial charge is 0.416 e. The number of aliphatic carboxylic acids is 1. The van der Waals surface area contributed by atoms with Crippen LogP contribution in [0.15, 0.2) is 24.3 Å². The molecular formula is C12H14F3NO3. The first-order valence-electron chi connectivity index (χ1n) is 5.45. The Morgan fingerprint density at radius 2 is 1.79 bits per heavy atom. The maximum absolute atomic E-state index is 12.3. The van der Waals surface area contributed by atoms with Crippen LogP contribution in [0.3, 0.4) is 0 Å². The van der Waals surface area contributed by atoms with Gasteiger partial charge in [-0.1, -0.05) is 12.1 Å². The summed E-state index contributed by atoms with van der Waals surface area (Å²) in [6, 6.07) is 4.50. The highest BCUT2D eigenvalue weighted by atomic mass is 19.4. The summed E-state index contributed by atoms with van der Waals surface area (Å²) in [5, 5.41) is 20.7. The molecule has 7 heteroatoms. The zero-order chi connectivity index (χ0) is 14.7. The normalized spacial score (nSPS) is 15.0. The molecule has 0 saturated heterocycles. The second-order valence-corrected chi connectivity index (χ2v) is 4.38. The molecule has 0 bridgehead atoms. The topological polar surface area (TPSA) is 69.6 Å². The molecule has 0 aliphatic heterocycles. The van der Waals surface area contributed by atoms with E-state index in [9.17, 15) is 23.1 Å². The van der Waals surface area contributed by atoms with E-state index in [4.69, 9.17) is 5.11 Å². The highest BCUT2D eigenvalue weighted by Gasteiger charge is 2.30. The Labute approximate surface area is 107 Å². The van der Waals surface area contributed by atoms with Crippen molar-refractivity contribution in [2.75, 3.05) is 6.54 Å². The lowest BCUT2D eigenvalue weighted by Gasteiger charge is -2.18. The lowest BCUT2D eigenvalue weighted by atomic mass is 10.1. The predicted octanol–water partition coefficient (Wildman–Crippen LogP) is 1.63. The van der Waals surface area contributed by atoms with Gasteiger partial charge in [-0.15, -0.1) is 0 Å². The second-order valence-electron chi connectivity index (χ2n) is 4.38. The molecule has 0 amide bonds. The maximum atomic E-state index is 12.3. The summed E-state index contributed by atoms with van der Waals surface area (Å²) in [4.78, 5) is 10.6. The molecule has 1 atom stereocenters. The Hall–Kier alpha value is -1.60. The maximum Gasteiger partial charge on any atom is 0.416 e. The van der Waals surface area contributed by atoms with Crippen molar-refractivity contribution >= 4 is 5.97 Å². The number of carboxylic acids is 1. The van der Waals surface area contributed by atoms with Crippen molar-refractivity contribution in [3.05, 3.63) is 35.4 Å². The van der Waals surface area contributed by atoms with Crippen LogP contribution in [-0.4, -0.2) is 28.3 Å². The molecule has 0 aliphatic carbocycles. The molecule has 0 saturated carbocycles. The molecule has 3 N–H and O–H groups in total. The van der Waals surface area contributed by atoms with E-state index in [0.29, 0.717) is 5.56 Å². The molecule has 1 rings (SSSR count). The molecule has 0 aliphatic rings. The Bertz CT molecular complexity index is 441. The summed E-state index contributed by atoms with van der Waals surface area (Å²) in [5.41, 5.74) is -2.09. The summed E-state index contributed by atoms with van der Waals surface area (Å²) in [6.45, 7) is 1.10. The molecule has 106 valence electrons. The van der Waals surface area contributed by atoms with Gasteiger partial charge in [0.1, 0.15) is 0 Å². The number of hydrogen-bond donors (Lipinski definition) is 3. The first kappa shape index (κ1) is 15.5. The quantitative estimate of drug-likeness (QED) is 0.765. The summed E-state index contributed by atoms with van der Waals surface area (Å²) >= 11 is 0. The van der Waals surface area contributed by atoms with Gasteiger partial charge in [-0.05, 0) is 24.6 Å². The van der Waals surface area contributed by atoms with Gasteiger partial charge in [0, 0.05) is 13.1 Å². The van der Waals surface area contributed by atoms with Crippen LogP contribution in [-0.2, 0) is 17.5 Å². The zero-order valence-electron chi connectivity index (χ0n) is 10.2. The number of carbonyl (C=O) groups is 1. The van der Waals surface area contributed by atoms with Crippen LogP contribution in [0, 0.1) is 0 Å². The Morgan fingerprint density at radius 1 is 1.26 bits per heavy atom. The van der Waals surface area contributed by atoms with Crippen LogP contribution in [0.2, 0.25) is 0 Å². The number of alkyl halides is 3. The molecule has 1 aromatic rings. The van der Waals surface area contributed by atoms with E-state index in [1.807, 2.05) is 0 Å². The highest BCUT2D eigenvalue weighted by Crippen LogP contribution is 2.29. The Kier molecular flexibility index (Phi) is 4.54. The van der Waals surface area contributed by atoms with Gasteiger partial charge >= 0.3 is 12.1 Å². The number of aliphatic hydroxyl groups is 1. The zero-order valence-corrected chi connectivity index (χ0v) is 10.2. The molecule has 0 heterocycles. The third-order valence-corrected chi connectivity index (χ3v) is 2.54. The summed E-state index contributed by atoms with van der Waals surface area (Å²) < 4.78 is 36.9. The minimum Gasteiger partial charge on any atom is -0.479 e. The van der Waals surface area contributed by atoms with Crippen molar-refractivity contribution < 1.29 is 28.2 Å². The van der Waals surface area contributed by atoms with Gasteiger partial charge in [-0.25, -0.2) is 4.79 Å². The van der Waals surface area contributed by atoms with Gasteiger partial charge in [-0.2, -0.15) is 13.2 Å². The minimum atomic E-state index is -4.38. The van der Waals surface area contributed by atoms with E-state index in [1.54, 1.807) is 0 Å². The number of benzene rings is 1. The summed E-state index contributed by atoms with van der Waals surface area (Å²) in [7, 11) is 0. The fourth-order valence-corrected chi connectivity index (χ4v) is 1.34. The molecule has 0 radical (unpaired) electrons. The molecule has 1 unspecified atom stereocenters. The first-order valence-corrected chi connectivity index (χ1v) is 5.45. The van der Waals surface area contributed by atoms with E-state index in [-0.39, 0.29) is 13.1 Å². The monoisotopic (exact) mass is 277 g/mol. The van der Waals surface area contributed by atoms with Gasteiger partial charge in [0.2, 0.25) is 0 Å². The van der Waals surface area contributed by atoms with Crippen LogP contribution in [0.25, 0.3) is 0 Å². The van der Waals surface area contributed by atoms with Crippen LogP contribution in [0.1, 0.15) is 18.1 Å². The number of carboxylic acid groups (broad SMARTS) is 1. The fraction of sp³-hybridized carbons (Fsp3) is 0.417. The molecule has 0 fully saturated rings. The van der Waals surface area contributed by atoms with Gasteiger partial charge in [-0.3, -0.25) is 0 Å². The van der Waals surface area contributed by atoms with E-state index >= 15 is 0 Å². The largest absolute Gasteiger partial charge is 0.479 e. The number of rotatable bonds is 5. The summed E-state index contributed by atoms with van der Waals surface area (Å²) in [5.74, 6) is -1.37. The Morgan fingerprint density at radius 3 is 2.21 bits per heavy atom. The first-order chi connectivity index (χ1) is 8.63. The summed E-state index contributed by atoms with van der Waals surface area (Å²) in [6.07, 6.45) is -4.38. The predicted molar refractivity (Wildman–Crippen MR) is 61.4 cm³/mol. The Balaban J connectivity index is 2.54. The fourth-order valence-electron chi connectivity index (χ4n) is 1.34. The number of nitrogens with one attached hydrogen (secondary N) is 1. The molecule has 4 nitrogen and oxygen atoms in total. The number of hydrogen-bond acceptors (Lipinski definition) is 3. The molecule has 1 aromatic carbocycles.